The van der Waals surface area contributed by atoms with Crippen molar-refractivity contribution in [1.82, 2.24) is 10.2 Å². The van der Waals surface area contributed by atoms with Gasteiger partial charge in [0.05, 0.1) is 0 Å². The number of nitrogens with zero attached hydrogens (tertiary/aromatic N) is 1. The quantitative estimate of drug-likeness (QED) is 0.750. The van der Waals surface area contributed by atoms with Gasteiger partial charge in [-0.1, -0.05) is 13.8 Å². The van der Waals surface area contributed by atoms with Gasteiger partial charge in [0.1, 0.15) is 0 Å². The number of carboxylic acids is 1. The monoisotopic (exact) mass is 244 g/mol. The fourth-order valence-electron chi connectivity index (χ4n) is 1.36. The lowest BCUT2D eigenvalue weighted by molar-refractivity contribution is -0.137. The van der Waals surface area contributed by atoms with Gasteiger partial charge < -0.3 is 15.3 Å². The third kappa shape index (κ3) is 6.14. The molecule has 2 amide bonds. The van der Waals surface area contributed by atoms with Crippen molar-refractivity contribution < 1.29 is 14.7 Å². The first kappa shape index (κ1) is 15.7. The van der Waals surface area contributed by atoms with Gasteiger partial charge in [-0.15, -0.1) is 0 Å². The maximum atomic E-state index is 11.8. The predicted molar refractivity (Wildman–Crippen MR) is 66.9 cm³/mol. The van der Waals surface area contributed by atoms with Crippen LogP contribution in [0.25, 0.3) is 0 Å². The van der Waals surface area contributed by atoms with Gasteiger partial charge in [-0.3, -0.25) is 4.79 Å². The van der Waals surface area contributed by atoms with E-state index in [1.54, 1.807) is 11.9 Å². The Bertz CT molecular complexity index is 266. The van der Waals surface area contributed by atoms with Gasteiger partial charge in [-0.25, -0.2) is 4.79 Å². The van der Waals surface area contributed by atoms with Gasteiger partial charge in [-0.2, -0.15) is 0 Å². The average Bonchev–Trinajstić information content (AvgIpc) is 2.23. The highest BCUT2D eigenvalue weighted by atomic mass is 16.4. The van der Waals surface area contributed by atoms with Gasteiger partial charge in [0, 0.05) is 25.6 Å². The molecule has 0 aromatic carbocycles. The van der Waals surface area contributed by atoms with Gasteiger partial charge in [0.15, 0.2) is 0 Å². The standard InChI is InChI=1S/C12H24N2O3/c1-8(2)10(4)14(5)12(17)13-9(3)6-7-11(15)16/h8-10H,6-7H2,1-5H3,(H,13,17)(H,15,16). The second-order valence-corrected chi connectivity index (χ2v) is 4.88. The average molecular weight is 244 g/mol. The number of carbonyl (C=O) groups excluding carboxylic acids is 1. The molecular weight excluding hydrogens is 220 g/mol. The van der Waals surface area contributed by atoms with E-state index in [0.717, 1.165) is 0 Å². The lowest BCUT2D eigenvalue weighted by Gasteiger charge is -2.29. The van der Waals surface area contributed by atoms with Crippen LogP contribution in [-0.4, -0.2) is 41.1 Å². The van der Waals surface area contributed by atoms with E-state index in [0.29, 0.717) is 12.3 Å². The number of hydrogen-bond acceptors (Lipinski definition) is 2. The minimum Gasteiger partial charge on any atom is -0.481 e. The Morgan fingerprint density at radius 3 is 2.18 bits per heavy atom. The Labute approximate surface area is 103 Å². The highest BCUT2D eigenvalue weighted by Gasteiger charge is 2.19. The Hall–Kier alpha value is -1.26. The van der Waals surface area contributed by atoms with Crippen LogP contribution in [0.15, 0.2) is 0 Å². The molecule has 0 rings (SSSR count). The van der Waals surface area contributed by atoms with E-state index >= 15 is 0 Å². The Balaban J connectivity index is 4.11. The SMILES string of the molecule is CC(CCC(=O)O)NC(=O)N(C)C(C)C(C)C. The first-order valence-corrected chi connectivity index (χ1v) is 6.00. The lowest BCUT2D eigenvalue weighted by atomic mass is 10.1. The molecule has 0 radical (unpaired) electrons. The molecule has 0 saturated carbocycles. The topological polar surface area (TPSA) is 69.6 Å². The summed E-state index contributed by atoms with van der Waals surface area (Å²) in [5, 5.41) is 11.3. The molecular formula is C12H24N2O3. The maximum absolute atomic E-state index is 11.8. The Morgan fingerprint density at radius 2 is 1.76 bits per heavy atom. The summed E-state index contributed by atoms with van der Waals surface area (Å²) >= 11 is 0. The van der Waals surface area contributed by atoms with Gasteiger partial charge >= 0.3 is 12.0 Å². The van der Waals surface area contributed by atoms with E-state index in [2.05, 4.69) is 19.2 Å². The minimum atomic E-state index is -0.838. The van der Waals surface area contributed by atoms with Crippen LogP contribution in [0.5, 0.6) is 0 Å². The maximum Gasteiger partial charge on any atom is 0.317 e. The molecule has 2 atom stereocenters. The van der Waals surface area contributed by atoms with Crippen molar-refractivity contribution in [2.45, 2.75) is 52.6 Å². The summed E-state index contributed by atoms with van der Waals surface area (Å²) in [5.74, 6) is -0.449. The van der Waals surface area contributed by atoms with Crippen LogP contribution in [-0.2, 0) is 4.79 Å². The molecule has 0 aliphatic carbocycles. The van der Waals surface area contributed by atoms with E-state index < -0.39 is 5.97 Å². The summed E-state index contributed by atoms with van der Waals surface area (Å²) in [6.45, 7) is 7.92. The minimum absolute atomic E-state index is 0.0743. The first-order chi connectivity index (χ1) is 7.75. The highest BCUT2D eigenvalue weighted by Crippen LogP contribution is 2.08. The van der Waals surface area contributed by atoms with Crippen molar-refractivity contribution in [3.63, 3.8) is 0 Å². The van der Waals surface area contributed by atoms with Crippen molar-refractivity contribution >= 4 is 12.0 Å². The van der Waals surface area contributed by atoms with Crippen molar-refractivity contribution in [1.29, 1.82) is 0 Å². The molecule has 0 fully saturated rings. The van der Waals surface area contributed by atoms with Crippen LogP contribution in [0.2, 0.25) is 0 Å². The number of aliphatic carboxylic acids is 1. The van der Waals surface area contributed by atoms with Crippen LogP contribution in [0.4, 0.5) is 4.79 Å². The zero-order valence-electron chi connectivity index (χ0n) is 11.4. The summed E-state index contributed by atoms with van der Waals surface area (Å²) in [5.41, 5.74) is 0. The zero-order valence-corrected chi connectivity index (χ0v) is 11.4. The van der Waals surface area contributed by atoms with Gasteiger partial charge in [-0.05, 0) is 26.2 Å². The molecule has 0 bridgehead atoms. The first-order valence-electron chi connectivity index (χ1n) is 6.00. The molecule has 17 heavy (non-hydrogen) atoms. The summed E-state index contributed by atoms with van der Waals surface area (Å²) in [4.78, 5) is 23.9. The fourth-order valence-corrected chi connectivity index (χ4v) is 1.36. The second-order valence-electron chi connectivity index (χ2n) is 4.88. The number of carbonyl (C=O) groups is 2. The molecule has 0 saturated heterocycles. The number of nitrogens with one attached hydrogen (secondary N) is 1. The number of carboxylic acid groups (broad SMARTS) is 1. The Kier molecular flexibility index (Phi) is 6.61. The van der Waals surface area contributed by atoms with Gasteiger partial charge in [0.2, 0.25) is 0 Å². The van der Waals surface area contributed by atoms with E-state index in [1.807, 2.05) is 13.8 Å². The van der Waals surface area contributed by atoms with E-state index in [9.17, 15) is 9.59 Å². The van der Waals surface area contributed by atoms with Crippen LogP contribution in [0.1, 0.15) is 40.5 Å². The van der Waals surface area contributed by atoms with Gasteiger partial charge in [0.25, 0.3) is 0 Å². The molecule has 0 spiro atoms. The molecule has 2 unspecified atom stereocenters. The normalized spacial score (nSPS) is 14.2. The molecule has 0 aromatic rings. The molecule has 0 heterocycles. The summed E-state index contributed by atoms with van der Waals surface area (Å²) in [7, 11) is 1.75. The second kappa shape index (κ2) is 7.14. The number of hydrogen-bond donors (Lipinski definition) is 2. The fraction of sp³-hybridized carbons (Fsp3) is 0.833. The molecule has 100 valence electrons. The van der Waals surface area contributed by atoms with Crippen molar-refractivity contribution in [2.24, 2.45) is 5.92 Å². The van der Waals surface area contributed by atoms with Crippen LogP contribution in [0, 0.1) is 5.92 Å². The van der Waals surface area contributed by atoms with Crippen LogP contribution in [0.3, 0.4) is 0 Å². The molecule has 5 heteroatoms. The molecule has 0 aliphatic heterocycles. The molecule has 2 N–H and O–H groups in total. The number of urea groups is 1. The number of rotatable bonds is 6. The van der Waals surface area contributed by atoms with Crippen molar-refractivity contribution in [2.75, 3.05) is 7.05 Å². The Morgan fingerprint density at radius 1 is 1.24 bits per heavy atom. The van der Waals surface area contributed by atoms with E-state index in [-0.39, 0.29) is 24.5 Å². The third-order valence-corrected chi connectivity index (χ3v) is 3.06. The predicted octanol–water partition coefficient (Wildman–Crippen LogP) is 1.93. The van der Waals surface area contributed by atoms with Crippen molar-refractivity contribution in [3.8, 4) is 0 Å². The summed E-state index contributed by atoms with van der Waals surface area (Å²) < 4.78 is 0. The third-order valence-electron chi connectivity index (χ3n) is 3.06. The summed E-state index contributed by atoms with van der Waals surface area (Å²) in [6.07, 6.45) is 0.524. The van der Waals surface area contributed by atoms with E-state index in [1.165, 1.54) is 0 Å². The van der Waals surface area contributed by atoms with Crippen LogP contribution < -0.4 is 5.32 Å². The zero-order chi connectivity index (χ0) is 13.6. The largest absolute Gasteiger partial charge is 0.481 e. The highest BCUT2D eigenvalue weighted by molar-refractivity contribution is 5.74. The summed E-state index contributed by atoms with van der Waals surface area (Å²) in [6, 6.07) is -0.119. The van der Waals surface area contributed by atoms with E-state index in [4.69, 9.17) is 5.11 Å². The number of amides is 2. The smallest absolute Gasteiger partial charge is 0.317 e. The lowest BCUT2D eigenvalue weighted by Crippen LogP contribution is -2.47. The van der Waals surface area contributed by atoms with Crippen molar-refractivity contribution in [3.05, 3.63) is 0 Å². The molecule has 5 nitrogen and oxygen atoms in total. The molecule has 0 aromatic heterocycles. The molecule has 0 aliphatic rings. The van der Waals surface area contributed by atoms with Crippen LogP contribution >= 0.6 is 0 Å².